The molecule has 0 spiro atoms. The van der Waals surface area contributed by atoms with Crippen molar-refractivity contribution in [1.82, 2.24) is 0 Å². The summed E-state index contributed by atoms with van der Waals surface area (Å²) >= 11 is 0. The van der Waals surface area contributed by atoms with Crippen molar-refractivity contribution in [3.05, 3.63) is 18.2 Å². The molecule has 5 nitrogen and oxygen atoms in total. The number of rotatable bonds is 7. The predicted octanol–water partition coefficient (Wildman–Crippen LogP) is 3.66. The SMILES string of the molecule is CCC[C@@H](C)C(=O)Nc1ccc(OC)cc1NC(=O)C(C)C. The highest BCUT2D eigenvalue weighted by Gasteiger charge is 2.16. The van der Waals surface area contributed by atoms with Gasteiger partial charge in [0.25, 0.3) is 0 Å². The topological polar surface area (TPSA) is 67.4 Å². The lowest BCUT2D eigenvalue weighted by Crippen LogP contribution is -2.23. The minimum Gasteiger partial charge on any atom is -0.497 e. The van der Waals surface area contributed by atoms with Gasteiger partial charge in [-0.3, -0.25) is 9.59 Å². The summed E-state index contributed by atoms with van der Waals surface area (Å²) in [6.07, 6.45) is 1.78. The van der Waals surface area contributed by atoms with Gasteiger partial charge >= 0.3 is 0 Å². The molecule has 0 aliphatic heterocycles. The van der Waals surface area contributed by atoms with Gasteiger partial charge in [-0.25, -0.2) is 0 Å². The van der Waals surface area contributed by atoms with Crippen molar-refractivity contribution in [2.45, 2.75) is 40.5 Å². The molecule has 1 rings (SSSR count). The van der Waals surface area contributed by atoms with E-state index in [1.54, 1.807) is 25.3 Å². The number of anilines is 2. The quantitative estimate of drug-likeness (QED) is 0.807. The third-order valence-electron chi connectivity index (χ3n) is 3.44. The summed E-state index contributed by atoms with van der Waals surface area (Å²) in [6, 6.07) is 5.21. The zero-order valence-corrected chi connectivity index (χ0v) is 14.0. The molecule has 0 bridgehead atoms. The van der Waals surface area contributed by atoms with Crippen molar-refractivity contribution in [3.8, 4) is 5.75 Å². The van der Waals surface area contributed by atoms with Gasteiger partial charge in [-0.15, -0.1) is 0 Å². The number of ether oxygens (including phenoxy) is 1. The summed E-state index contributed by atoms with van der Waals surface area (Å²) in [6.45, 7) is 7.58. The fraction of sp³-hybridized carbons (Fsp3) is 0.529. The number of hydrogen-bond donors (Lipinski definition) is 2. The van der Waals surface area contributed by atoms with E-state index in [-0.39, 0.29) is 23.7 Å². The van der Waals surface area contributed by atoms with Gasteiger partial charge in [0.2, 0.25) is 11.8 Å². The Kier molecular flexibility index (Phi) is 6.89. The van der Waals surface area contributed by atoms with Crippen LogP contribution in [-0.2, 0) is 9.59 Å². The van der Waals surface area contributed by atoms with Crippen molar-refractivity contribution in [1.29, 1.82) is 0 Å². The Bertz CT molecular complexity index is 527. The average Bonchev–Trinajstić information content (AvgIpc) is 2.48. The fourth-order valence-corrected chi connectivity index (χ4v) is 1.96. The van der Waals surface area contributed by atoms with E-state index in [1.165, 1.54) is 0 Å². The molecule has 0 heterocycles. The van der Waals surface area contributed by atoms with Crippen molar-refractivity contribution in [2.75, 3.05) is 17.7 Å². The molecule has 5 heteroatoms. The van der Waals surface area contributed by atoms with Crippen LogP contribution in [0.3, 0.4) is 0 Å². The first-order valence-electron chi connectivity index (χ1n) is 7.68. The van der Waals surface area contributed by atoms with Crippen LogP contribution in [0.5, 0.6) is 5.75 Å². The number of methoxy groups -OCH3 is 1. The molecule has 0 fully saturated rings. The number of amides is 2. The summed E-state index contributed by atoms with van der Waals surface area (Å²) in [7, 11) is 1.56. The highest BCUT2D eigenvalue weighted by atomic mass is 16.5. The predicted molar refractivity (Wildman–Crippen MR) is 89.2 cm³/mol. The third-order valence-corrected chi connectivity index (χ3v) is 3.44. The maximum absolute atomic E-state index is 12.2. The first kappa shape index (κ1) is 18.0. The summed E-state index contributed by atoms with van der Waals surface area (Å²) < 4.78 is 5.18. The number of nitrogens with one attached hydrogen (secondary N) is 2. The molecule has 1 aromatic rings. The van der Waals surface area contributed by atoms with Gasteiger partial charge in [0.1, 0.15) is 5.75 Å². The Balaban J connectivity index is 2.97. The molecule has 0 aliphatic rings. The van der Waals surface area contributed by atoms with Gasteiger partial charge in [0.05, 0.1) is 18.5 Å². The molecular weight excluding hydrogens is 280 g/mol. The zero-order valence-electron chi connectivity index (χ0n) is 14.0. The highest BCUT2D eigenvalue weighted by Crippen LogP contribution is 2.28. The van der Waals surface area contributed by atoms with Crippen LogP contribution >= 0.6 is 0 Å². The maximum Gasteiger partial charge on any atom is 0.227 e. The minimum atomic E-state index is -0.145. The van der Waals surface area contributed by atoms with E-state index in [0.717, 1.165) is 12.8 Å². The molecule has 0 saturated carbocycles. The van der Waals surface area contributed by atoms with Gasteiger partial charge in [-0.05, 0) is 18.6 Å². The van der Waals surface area contributed by atoms with Crippen LogP contribution in [0.2, 0.25) is 0 Å². The molecule has 1 atom stereocenters. The second kappa shape index (κ2) is 8.41. The Morgan fingerprint density at radius 3 is 2.27 bits per heavy atom. The largest absolute Gasteiger partial charge is 0.497 e. The molecule has 22 heavy (non-hydrogen) atoms. The first-order chi connectivity index (χ1) is 10.4. The Morgan fingerprint density at radius 1 is 1.09 bits per heavy atom. The van der Waals surface area contributed by atoms with E-state index < -0.39 is 0 Å². The van der Waals surface area contributed by atoms with Crippen LogP contribution < -0.4 is 15.4 Å². The highest BCUT2D eigenvalue weighted by molar-refractivity contribution is 6.00. The van der Waals surface area contributed by atoms with Gasteiger partial charge in [0.15, 0.2) is 0 Å². The molecular formula is C17H26N2O3. The summed E-state index contributed by atoms with van der Waals surface area (Å²) in [5.74, 6) is 0.255. The van der Waals surface area contributed by atoms with Crippen LogP contribution in [0.15, 0.2) is 18.2 Å². The van der Waals surface area contributed by atoms with E-state index in [4.69, 9.17) is 4.74 Å². The number of carbonyl (C=O) groups excluding carboxylic acids is 2. The van der Waals surface area contributed by atoms with Gasteiger partial charge in [0, 0.05) is 17.9 Å². The molecule has 0 aliphatic carbocycles. The van der Waals surface area contributed by atoms with E-state index in [1.807, 2.05) is 27.7 Å². The molecule has 2 amide bonds. The van der Waals surface area contributed by atoms with E-state index in [2.05, 4.69) is 10.6 Å². The molecule has 0 radical (unpaired) electrons. The summed E-state index contributed by atoms with van der Waals surface area (Å²) in [5, 5.41) is 5.71. The molecule has 0 saturated heterocycles. The number of hydrogen-bond acceptors (Lipinski definition) is 3. The molecule has 2 N–H and O–H groups in total. The lowest BCUT2D eigenvalue weighted by molar-refractivity contribution is -0.120. The van der Waals surface area contributed by atoms with E-state index >= 15 is 0 Å². The van der Waals surface area contributed by atoms with Gasteiger partial charge < -0.3 is 15.4 Å². The van der Waals surface area contributed by atoms with Crippen LogP contribution in [0, 0.1) is 11.8 Å². The summed E-state index contributed by atoms with van der Waals surface area (Å²) in [5.41, 5.74) is 1.14. The Morgan fingerprint density at radius 2 is 1.73 bits per heavy atom. The average molecular weight is 306 g/mol. The van der Waals surface area contributed by atoms with Crippen molar-refractivity contribution >= 4 is 23.2 Å². The normalized spacial score (nSPS) is 11.9. The lowest BCUT2D eigenvalue weighted by Gasteiger charge is -2.17. The number of carbonyl (C=O) groups is 2. The third kappa shape index (κ3) is 5.06. The summed E-state index contributed by atoms with van der Waals surface area (Å²) in [4.78, 5) is 24.1. The fourth-order valence-electron chi connectivity index (χ4n) is 1.96. The Hall–Kier alpha value is -2.04. The molecule has 122 valence electrons. The van der Waals surface area contributed by atoms with Crippen LogP contribution in [0.1, 0.15) is 40.5 Å². The van der Waals surface area contributed by atoms with Crippen molar-refractivity contribution in [2.24, 2.45) is 11.8 Å². The molecule has 0 aromatic heterocycles. The monoisotopic (exact) mass is 306 g/mol. The smallest absolute Gasteiger partial charge is 0.227 e. The number of benzene rings is 1. The van der Waals surface area contributed by atoms with Crippen molar-refractivity contribution < 1.29 is 14.3 Å². The van der Waals surface area contributed by atoms with Gasteiger partial charge in [-0.2, -0.15) is 0 Å². The van der Waals surface area contributed by atoms with Crippen molar-refractivity contribution in [3.63, 3.8) is 0 Å². The zero-order chi connectivity index (χ0) is 16.7. The van der Waals surface area contributed by atoms with Crippen LogP contribution in [-0.4, -0.2) is 18.9 Å². The Labute approximate surface area is 132 Å². The first-order valence-corrected chi connectivity index (χ1v) is 7.68. The van der Waals surface area contributed by atoms with E-state index in [0.29, 0.717) is 17.1 Å². The second-order valence-corrected chi connectivity index (χ2v) is 5.73. The van der Waals surface area contributed by atoms with Gasteiger partial charge in [-0.1, -0.05) is 34.1 Å². The molecule has 0 unspecified atom stereocenters. The van der Waals surface area contributed by atoms with Crippen LogP contribution in [0.4, 0.5) is 11.4 Å². The standard InChI is InChI=1S/C17H26N2O3/c1-6-7-12(4)17(21)18-14-9-8-13(22-5)10-15(14)19-16(20)11(2)3/h8-12H,6-7H2,1-5H3,(H,18,21)(H,19,20)/t12-/m1/s1. The minimum absolute atomic E-state index is 0.0490. The maximum atomic E-state index is 12.2. The second-order valence-electron chi connectivity index (χ2n) is 5.73. The molecule has 1 aromatic carbocycles. The lowest BCUT2D eigenvalue weighted by atomic mass is 10.1. The van der Waals surface area contributed by atoms with E-state index in [9.17, 15) is 9.59 Å². The van der Waals surface area contributed by atoms with Crippen LogP contribution in [0.25, 0.3) is 0 Å².